The number of carbonyl (C=O) groups excluding carboxylic acids is 1. The molecule has 7 heteroatoms. The Morgan fingerprint density at radius 1 is 1.07 bits per heavy atom. The number of carbonyl (C=O) groups is 1. The molecule has 3 rings (SSSR count). The lowest BCUT2D eigenvalue weighted by Gasteiger charge is -2.28. The Balaban J connectivity index is 1.88. The number of piperidine rings is 1. The first-order valence-corrected chi connectivity index (χ1v) is 11.7. The fourth-order valence-electron chi connectivity index (χ4n) is 3.60. The maximum absolute atomic E-state index is 13.1. The van der Waals surface area contributed by atoms with Crippen molar-refractivity contribution in [1.29, 1.82) is 0 Å². The minimum absolute atomic E-state index is 0.178. The molecule has 2 aromatic carbocycles. The van der Waals surface area contributed by atoms with Crippen molar-refractivity contribution in [2.24, 2.45) is 0 Å². The molecule has 1 atom stereocenters. The Labute approximate surface area is 178 Å². The van der Waals surface area contributed by atoms with Crippen LogP contribution in [0.5, 0.6) is 0 Å². The SMILES string of the molecule is Cc1ccc(C(=O)N(C)C(C)c2ccc(Cl)cc2)cc1S(=O)(=O)N1CCCCC1. The average Bonchev–Trinajstić information content (AvgIpc) is 2.73. The number of rotatable bonds is 5. The zero-order valence-corrected chi connectivity index (χ0v) is 18.6. The highest BCUT2D eigenvalue weighted by atomic mass is 35.5. The molecule has 0 N–H and O–H groups in total. The van der Waals surface area contributed by atoms with Crippen molar-refractivity contribution < 1.29 is 13.2 Å². The summed E-state index contributed by atoms with van der Waals surface area (Å²) in [6, 6.07) is 12.1. The molecule has 0 radical (unpaired) electrons. The van der Waals surface area contributed by atoms with Crippen LogP contribution in [0.15, 0.2) is 47.4 Å². The summed E-state index contributed by atoms with van der Waals surface area (Å²) < 4.78 is 27.8. The summed E-state index contributed by atoms with van der Waals surface area (Å²) >= 11 is 5.95. The van der Waals surface area contributed by atoms with Crippen LogP contribution >= 0.6 is 11.6 Å². The highest BCUT2D eigenvalue weighted by molar-refractivity contribution is 7.89. The summed E-state index contributed by atoms with van der Waals surface area (Å²) in [7, 11) is -1.88. The molecule has 1 aliphatic heterocycles. The lowest BCUT2D eigenvalue weighted by atomic mass is 10.1. The summed E-state index contributed by atoms with van der Waals surface area (Å²) in [5.41, 5.74) is 1.98. The maximum atomic E-state index is 13.1. The largest absolute Gasteiger partial charge is 0.335 e. The van der Waals surface area contributed by atoms with Crippen molar-refractivity contribution in [3.05, 3.63) is 64.2 Å². The Hall–Kier alpha value is -1.89. The third-order valence-corrected chi connectivity index (χ3v) is 7.91. The molecule has 2 aromatic rings. The molecule has 1 saturated heterocycles. The van der Waals surface area contributed by atoms with Crippen LogP contribution in [0.4, 0.5) is 0 Å². The van der Waals surface area contributed by atoms with Crippen molar-refractivity contribution in [1.82, 2.24) is 9.21 Å². The minimum Gasteiger partial charge on any atom is -0.335 e. The second-order valence-corrected chi connectivity index (χ2v) is 9.93. The third kappa shape index (κ3) is 4.65. The molecule has 0 saturated carbocycles. The number of benzene rings is 2. The van der Waals surface area contributed by atoms with Gasteiger partial charge in [-0.25, -0.2) is 8.42 Å². The highest BCUT2D eigenvalue weighted by Gasteiger charge is 2.29. The molecule has 0 bridgehead atoms. The van der Waals surface area contributed by atoms with Gasteiger partial charge in [-0.2, -0.15) is 4.31 Å². The van der Waals surface area contributed by atoms with Crippen LogP contribution in [0.25, 0.3) is 0 Å². The predicted octanol–water partition coefficient (Wildman–Crippen LogP) is 4.66. The van der Waals surface area contributed by atoms with Crippen molar-refractivity contribution in [2.75, 3.05) is 20.1 Å². The highest BCUT2D eigenvalue weighted by Crippen LogP contribution is 2.27. The van der Waals surface area contributed by atoms with Crippen molar-refractivity contribution >= 4 is 27.5 Å². The molecule has 1 fully saturated rings. The van der Waals surface area contributed by atoms with E-state index in [1.54, 1.807) is 43.1 Å². The number of aryl methyl sites for hydroxylation is 1. The van der Waals surface area contributed by atoms with Gasteiger partial charge in [0.2, 0.25) is 10.0 Å². The Morgan fingerprint density at radius 3 is 2.31 bits per heavy atom. The van der Waals surface area contributed by atoms with E-state index < -0.39 is 10.0 Å². The molecule has 0 aliphatic carbocycles. The van der Waals surface area contributed by atoms with Crippen LogP contribution in [0, 0.1) is 6.92 Å². The molecule has 1 amide bonds. The molecule has 1 heterocycles. The summed E-state index contributed by atoms with van der Waals surface area (Å²) in [4.78, 5) is 14.9. The first-order valence-electron chi connectivity index (χ1n) is 9.85. The van der Waals surface area contributed by atoms with Crippen LogP contribution in [0.3, 0.4) is 0 Å². The normalized spacial score (nSPS) is 16.4. The van der Waals surface area contributed by atoms with Crippen molar-refractivity contribution in [3.63, 3.8) is 0 Å². The first-order chi connectivity index (χ1) is 13.7. The Kier molecular flexibility index (Phi) is 6.66. The van der Waals surface area contributed by atoms with E-state index in [2.05, 4.69) is 0 Å². The van der Waals surface area contributed by atoms with Gasteiger partial charge in [0.15, 0.2) is 0 Å². The second kappa shape index (κ2) is 8.86. The topological polar surface area (TPSA) is 57.7 Å². The number of amides is 1. The molecule has 1 aliphatic rings. The minimum atomic E-state index is -3.60. The van der Waals surface area contributed by atoms with E-state index >= 15 is 0 Å². The van der Waals surface area contributed by atoms with Gasteiger partial charge in [0, 0.05) is 30.7 Å². The molecule has 0 spiro atoms. The summed E-state index contributed by atoms with van der Waals surface area (Å²) in [5, 5.41) is 0.640. The summed E-state index contributed by atoms with van der Waals surface area (Å²) in [6.45, 7) is 4.77. The number of hydrogen-bond donors (Lipinski definition) is 0. The van der Waals surface area contributed by atoms with Crippen LogP contribution in [0.1, 0.15) is 53.7 Å². The van der Waals surface area contributed by atoms with Gasteiger partial charge in [-0.3, -0.25) is 4.79 Å². The number of hydrogen-bond acceptors (Lipinski definition) is 3. The molecular formula is C22H27ClN2O3S. The molecule has 29 heavy (non-hydrogen) atoms. The zero-order valence-electron chi connectivity index (χ0n) is 17.1. The van der Waals surface area contributed by atoms with Gasteiger partial charge in [0.05, 0.1) is 10.9 Å². The van der Waals surface area contributed by atoms with Crippen molar-refractivity contribution in [3.8, 4) is 0 Å². The number of nitrogens with zero attached hydrogens (tertiary/aromatic N) is 2. The number of sulfonamides is 1. The summed E-state index contributed by atoms with van der Waals surface area (Å²) in [6.07, 6.45) is 2.80. The fourth-order valence-corrected chi connectivity index (χ4v) is 5.49. The molecule has 1 unspecified atom stereocenters. The standard InChI is InChI=1S/C22H27ClN2O3S/c1-16-7-8-19(15-21(16)29(27,28)25-13-5-4-6-14-25)22(26)24(3)17(2)18-9-11-20(23)12-10-18/h7-12,15,17H,4-6,13-14H2,1-3H3. The van der Waals surface area contributed by atoms with Crippen LogP contribution < -0.4 is 0 Å². The fraction of sp³-hybridized carbons (Fsp3) is 0.409. The van der Waals surface area contributed by atoms with Gasteiger partial charge in [-0.05, 0) is 62.1 Å². The number of halogens is 1. The van der Waals surface area contributed by atoms with Crippen LogP contribution in [-0.4, -0.2) is 43.7 Å². The van der Waals surface area contributed by atoms with E-state index in [1.807, 2.05) is 19.1 Å². The van der Waals surface area contributed by atoms with E-state index in [0.29, 0.717) is 29.2 Å². The lowest BCUT2D eigenvalue weighted by molar-refractivity contribution is 0.0742. The zero-order chi connectivity index (χ0) is 21.2. The first kappa shape index (κ1) is 21.8. The van der Waals surface area contributed by atoms with E-state index in [-0.39, 0.29) is 16.8 Å². The van der Waals surface area contributed by atoms with E-state index in [9.17, 15) is 13.2 Å². The smallest absolute Gasteiger partial charge is 0.254 e. The molecule has 0 aromatic heterocycles. The second-order valence-electron chi connectivity index (χ2n) is 7.59. The van der Waals surface area contributed by atoms with Gasteiger partial charge < -0.3 is 4.90 Å². The molecule has 156 valence electrons. The van der Waals surface area contributed by atoms with Gasteiger partial charge in [-0.1, -0.05) is 36.2 Å². The molecular weight excluding hydrogens is 408 g/mol. The Bertz CT molecular complexity index is 984. The van der Waals surface area contributed by atoms with Gasteiger partial charge in [0.25, 0.3) is 5.91 Å². The van der Waals surface area contributed by atoms with E-state index in [4.69, 9.17) is 11.6 Å². The summed E-state index contributed by atoms with van der Waals surface area (Å²) in [5.74, 6) is -0.220. The Morgan fingerprint density at radius 2 is 1.69 bits per heavy atom. The van der Waals surface area contributed by atoms with Crippen LogP contribution in [0.2, 0.25) is 5.02 Å². The predicted molar refractivity (Wildman–Crippen MR) is 116 cm³/mol. The van der Waals surface area contributed by atoms with E-state index in [1.165, 1.54) is 10.4 Å². The van der Waals surface area contributed by atoms with Gasteiger partial charge >= 0.3 is 0 Å². The lowest BCUT2D eigenvalue weighted by Crippen LogP contribution is -2.36. The maximum Gasteiger partial charge on any atom is 0.254 e. The third-order valence-electron chi connectivity index (χ3n) is 5.62. The monoisotopic (exact) mass is 434 g/mol. The molecule has 5 nitrogen and oxygen atoms in total. The average molecular weight is 435 g/mol. The van der Waals surface area contributed by atoms with Gasteiger partial charge in [-0.15, -0.1) is 0 Å². The van der Waals surface area contributed by atoms with Crippen molar-refractivity contribution in [2.45, 2.75) is 44.0 Å². The van der Waals surface area contributed by atoms with Crippen LogP contribution in [-0.2, 0) is 10.0 Å². The quantitative estimate of drug-likeness (QED) is 0.687. The van der Waals surface area contributed by atoms with E-state index in [0.717, 1.165) is 24.8 Å². The van der Waals surface area contributed by atoms with Gasteiger partial charge in [0.1, 0.15) is 0 Å².